The van der Waals surface area contributed by atoms with E-state index >= 15 is 0 Å². The molecule has 0 radical (unpaired) electrons. The predicted molar refractivity (Wildman–Crippen MR) is 84.7 cm³/mol. The zero-order chi connectivity index (χ0) is 16.3. The summed E-state index contributed by atoms with van der Waals surface area (Å²) in [6, 6.07) is 10.1. The molecule has 0 saturated carbocycles. The number of nitrogens with one attached hydrogen (secondary N) is 1. The van der Waals surface area contributed by atoms with Crippen molar-refractivity contribution in [2.45, 2.75) is 26.8 Å². The molecule has 0 aliphatic heterocycles. The first kappa shape index (κ1) is 16.0. The van der Waals surface area contributed by atoms with Crippen molar-refractivity contribution in [2.75, 3.05) is 7.11 Å². The van der Waals surface area contributed by atoms with Crippen LogP contribution in [0.4, 0.5) is 4.39 Å². The van der Waals surface area contributed by atoms with Crippen molar-refractivity contribution < 1.29 is 13.9 Å². The van der Waals surface area contributed by atoms with Crippen LogP contribution in [0.15, 0.2) is 36.4 Å². The summed E-state index contributed by atoms with van der Waals surface area (Å²) in [5.74, 6) is -0.734. The normalized spacial score (nSPS) is 11.9. The topological polar surface area (TPSA) is 38.3 Å². The van der Waals surface area contributed by atoms with Crippen LogP contribution in [0, 0.1) is 19.7 Å². The molecule has 0 saturated heterocycles. The van der Waals surface area contributed by atoms with E-state index in [0.29, 0.717) is 0 Å². The van der Waals surface area contributed by atoms with Gasteiger partial charge in [0.25, 0.3) is 5.91 Å². The van der Waals surface area contributed by atoms with E-state index in [0.717, 1.165) is 11.1 Å². The Morgan fingerprint density at radius 3 is 2.50 bits per heavy atom. The van der Waals surface area contributed by atoms with E-state index < -0.39 is 5.82 Å². The summed E-state index contributed by atoms with van der Waals surface area (Å²) in [5.41, 5.74) is 3.62. The van der Waals surface area contributed by atoms with Crippen molar-refractivity contribution >= 4 is 5.91 Å². The van der Waals surface area contributed by atoms with Gasteiger partial charge in [0.15, 0.2) is 11.6 Å². The Balaban J connectivity index is 2.15. The molecule has 1 atom stereocenters. The SMILES string of the molecule is COc1ccc(C(=O)NC(C)c2ccc(C)cc2C)cc1F. The highest BCUT2D eigenvalue weighted by Gasteiger charge is 2.15. The third-order valence-electron chi connectivity index (χ3n) is 3.65. The van der Waals surface area contributed by atoms with Crippen LogP contribution in [0.2, 0.25) is 0 Å². The molecule has 0 fully saturated rings. The number of methoxy groups -OCH3 is 1. The van der Waals surface area contributed by atoms with Crippen LogP contribution in [-0.2, 0) is 0 Å². The minimum absolute atomic E-state index is 0.124. The summed E-state index contributed by atoms with van der Waals surface area (Å²) in [6.07, 6.45) is 0. The standard InChI is InChI=1S/C18H20FNO2/c1-11-5-7-15(12(2)9-11)13(3)20-18(21)14-6-8-17(22-4)16(19)10-14/h5-10,13H,1-4H3,(H,20,21). The minimum Gasteiger partial charge on any atom is -0.494 e. The molecule has 0 heterocycles. The molecule has 116 valence electrons. The summed E-state index contributed by atoms with van der Waals surface area (Å²) in [4.78, 5) is 12.2. The molecule has 2 rings (SSSR count). The third-order valence-corrected chi connectivity index (χ3v) is 3.65. The first-order valence-corrected chi connectivity index (χ1v) is 7.14. The Bertz CT molecular complexity index is 697. The Morgan fingerprint density at radius 2 is 1.91 bits per heavy atom. The van der Waals surface area contributed by atoms with Crippen LogP contribution in [0.1, 0.15) is 40.0 Å². The van der Waals surface area contributed by atoms with E-state index in [1.807, 2.05) is 32.9 Å². The minimum atomic E-state index is -0.547. The number of benzene rings is 2. The third kappa shape index (κ3) is 3.45. The molecular formula is C18H20FNO2. The summed E-state index contributed by atoms with van der Waals surface area (Å²) in [7, 11) is 1.39. The largest absolute Gasteiger partial charge is 0.494 e. The van der Waals surface area contributed by atoms with Crippen molar-refractivity contribution in [3.8, 4) is 5.75 Å². The number of carbonyl (C=O) groups excluding carboxylic acids is 1. The van der Waals surface area contributed by atoms with Gasteiger partial charge in [-0.2, -0.15) is 0 Å². The van der Waals surface area contributed by atoms with Crippen LogP contribution in [0.3, 0.4) is 0 Å². The second kappa shape index (κ2) is 6.60. The summed E-state index contributed by atoms with van der Waals surface area (Å²) in [6.45, 7) is 5.95. The summed E-state index contributed by atoms with van der Waals surface area (Å²) in [5, 5.41) is 2.89. The van der Waals surface area contributed by atoms with E-state index in [1.54, 1.807) is 6.07 Å². The molecule has 4 heteroatoms. The molecular weight excluding hydrogens is 281 g/mol. The lowest BCUT2D eigenvalue weighted by molar-refractivity contribution is 0.0939. The van der Waals surface area contributed by atoms with E-state index in [4.69, 9.17) is 4.74 Å². The molecule has 2 aromatic carbocycles. The van der Waals surface area contributed by atoms with Gasteiger partial charge in [0.05, 0.1) is 13.2 Å². The molecule has 22 heavy (non-hydrogen) atoms. The Hall–Kier alpha value is -2.36. The summed E-state index contributed by atoms with van der Waals surface area (Å²) < 4.78 is 18.5. The molecule has 1 amide bonds. The highest BCUT2D eigenvalue weighted by Crippen LogP contribution is 2.21. The number of amides is 1. The number of hydrogen-bond acceptors (Lipinski definition) is 2. The van der Waals surface area contributed by atoms with Gasteiger partial charge in [-0.05, 0) is 50.1 Å². The van der Waals surface area contributed by atoms with Gasteiger partial charge in [0, 0.05) is 5.56 Å². The molecule has 0 aliphatic rings. The van der Waals surface area contributed by atoms with Crippen LogP contribution >= 0.6 is 0 Å². The summed E-state index contributed by atoms with van der Waals surface area (Å²) >= 11 is 0. The van der Waals surface area contributed by atoms with E-state index in [1.165, 1.54) is 24.8 Å². The average molecular weight is 301 g/mol. The molecule has 0 aromatic heterocycles. The predicted octanol–water partition coefficient (Wildman–Crippen LogP) is 3.94. The molecule has 0 bridgehead atoms. The van der Waals surface area contributed by atoms with Crippen molar-refractivity contribution in [1.29, 1.82) is 0 Å². The van der Waals surface area contributed by atoms with Gasteiger partial charge in [-0.25, -0.2) is 4.39 Å². The maximum atomic E-state index is 13.7. The lowest BCUT2D eigenvalue weighted by Crippen LogP contribution is -2.27. The van der Waals surface area contributed by atoms with Gasteiger partial charge in [-0.1, -0.05) is 23.8 Å². The van der Waals surface area contributed by atoms with E-state index in [-0.39, 0.29) is 23.3 Å². The highest BCUT2D eigenvalue weighted by molar-refractivity contribution is 5.94. The van der Waals surface area contributed by atoms with Gasteiger partial charge in [0.2, 0.25) is 0 Å². The Morgan fingerprint density at radius 1 is 1.18 bits per heavy atom. The van der Waals surface area contributed by atoms with Crippen molar-refractivity contribution in [3.63, 3.8) is 0 Å². The number of halogens is 1. The van der Waals surface area contributed by atoms with Crippen molar-refractivity contribution in [3.05, 3.63) is 64.5 Å². The number of ether oxygens (including phenoxy) is 1. The van der Waals surface area contributed by atoms with Crippen LogP contribution in [0.5, 0.6) is 5.75 Å². The maximum Gasteiger partial charge on any atom is 0.251 e. The molecule has 2 aromatic rings. The lowest BCUT2D eigenvalue weighted by Gasteiger charge is -2.17. The van der Waals surface area contributed by atoms with Gasteiger partial charge in [-0.3, -0.25) is 4.79 Å². The van der Waals surface area contributed by atoms with Crippen molar-refractivity contribution in [1.82, 2.24) is 5.32 Å². The van der Waals surface area contributed by atoms with Gasteiger partial charge in [0.1, 0.15) is 0 Å². The monoisotopic (exact) mass is 301 g/mol. The fraction of sp³-hybridized carbons (Fsp3) is 0.278. The van der Waals surface area contributed by atoms with Crippen LogP contribution in [0.25, 0.3) is 0 Å². The number of hydrogen-bond donors (Lipinski definition) is 1. The number of aryl methyl sites for hydroxylation is 2. The Kier molecular flexibility index (Phi) is 4.81. The van der Waals surface area contributed by atoms with Crippen LogP contribution in [-0.4, -0.2) is 13.0 Å². The second-order valence-corrected chi connectivity index (χ2v) is 5.40. The number of rotatable bonds is 4. The highest BCUT2D eigenvalue weighted by atomic mass is 19.1. The van der Waals surface area contributed by atoms with E-state index in [2.05, 4.69) is 11.4 Å². The zero-order valence-electron chi connectivity index (χ0n) is 13.2. The molecule has 0 aliphatic carbocycles. The number of carbonyl (C=O) groups is 1. The zero-order valence-corrected chi connectivity index (χ0v) is 13.2. The van der Waals surface area contributed by atoms with Gasteiger partial charge in [-0.15, -0.1) is 0 Å². The quantitative estimate of drug-likeness (QED) is 0.929. The lowest BCUT2D eigenvalue weighted by atomic mass is 10.00. The Labute approximate surface area is 130 Å². The van der Waals surface area contributed by atoms with E-state index in [9.17, 15) is 9.18 Å². The molecule has 1 unspecified atom stereocenters. The first-order chi connectivity index (χ1) is 10.4. The maximum absolute atomic E-state index is 13.7. The molecule has 3 nitrogen and oxygen atoms in total. The molecule has 0 spiro atoms. The fourth-order valence-electron chi connectivity index (χ4n) is 2.48. The fourth-order valence-corrected chi connectivity index (χ4v) is 2.48. The van der Waals surface area contributed by atoms with Crippen molar-refractivity contribution in [2.24, 2.45) is 0 Å². The van der Waals surface area contributed by atoms with Gasteiger partial charge >= 0.3 is 0 Å². The van der Waals surface area contributed by atoms with Gasteiger partial charge < -0.3 is 10.1 Å². The average Bonchev–Trinajstić information content (AvgIpc) is 2.46. The first-order valence-electron chi connectivity index (χ1n) is 7.14. The molecule has 1 N–H and O–H groups in total. The second-order valence-electron chi connectivity index (χ2n) is 5.40. The van der Waals surface area contributed by atoms with Crippen LogP contribution < -0.4 is 10.1 Å². The smallest absolute Gasteiger partial charge is 0.251 e.